The van der Waals surface area contributed by atoms with E-state index in [-0.39, 0.29) is 6.10 Å². The van der Waals surface area contributed by atoms with E-state index in [1.807, 2.05) is 36.4 Å². The van der Waals surface area contributed by atoms with Crippen molar-refractivity contribution >= 4 is 29.1 Å². The predicted octanol–water partition coefficient (Wildman–Crippen LogP) is 4.30. The fourth-order valence-electron chi connectivity index (χ4n) is 4.14. The van der Waals surface area contributed by atoms with Crippen molar-refractivity contribution in [3.8, 4) is 11.6 Å². The lowest BCUT2D eigenvalue weighted by molar-refractivity contribution is 0.114. The molecule has 0 bridgehead atoms. The van der Waals surface area contributed by atoms with E-state index in [0.717, 1.165) is 50.5 Å². The van der Waals surface area contributed by atoms with Crippen molar-refractivity contribution < 1.29 is 9.47 Å². The van der Waals surface area contributed by atoms with Crippen LogP contribution in [0.25, 0.3) is 0 Å². The van der Waals surface area contributed by atoms with Gasteiger partial charge in [-0.25, -0.2) is 0 Å². The second-order valence-electron chi connectivity index (χ2n) is 8.21. The monoisotopic (exact) mass is 461 g/mol. The number of hydrogen-bond acceptors (Lipinski definition) is 6. The summed E-state index contributed by atoms with van der Waals surface area (Å²) in [5.74, 6) is 2.39. The molecule has 3 heterocycles. The van der Waals surface area contributed by atoms with Gasteiger partial charge in [-0.2, -0.15) is 9.97 Å². The maximum absolute atomic E-state index is 6.04. The van der Waals surface area contributed by atoms with Crippen molar-refractivity contribution in [3.63, 3.8) is 0 Å². The van der Waals surface area contributed by atoms with E-state index in [1.165, 1.54) is 11.1 Å². The molecule has 2 aromatic carbocycles. The van der Waals surface area contributed by atoms with E-state index in [2.05, 4.69) is 44.8 Å². The molecule has 1 fully saturated rings. The number of nitrogens with one attached hydrogen (secondary N) is 2. The minimum Gasteiger partial charge on any atom is -0.439 e. The van der Waals surface area contributed by atoms with Gasteiger partial charge in [0.05, 0.1) is 6.10 Å². The summed E-state index contributed by atoms with van der Waals surface area (Å²) in [5.41, 5.74) is 2.71. The van der Waals surface area contributed by atoms with Gasteiger partial charge in [-0.1, -0.05) is 42.5 Å². The van der Waals surface area contributed by atoms with E-state index < -0.39 is 0 Å². The Labute approximate surface area is 199 Å². The Bertz CT molecular complexity index is 1100. The van der Waals surface area contributed by atoms with Crippen LogP contribution in [0.5, 0.6) is 11.6 Å². The van der Waals surface area contributed by atoms with Crippen LogP contribution in [-0.2, 0) is 17.7 Å². The van der Waals surface area contributed by atoms with E-state index >= 15 is 0 Å². The van der Waals surface area contributed by atoms with Gasteiger partial charge in [0.15, 0.2) is 5.11 Å². The summed E-state index contributed by atoms with van der Waals surface area (Å²) in [6.07, 6.45) is 3.31. The molecule has 0 aliphatic carbocycles. The molecule has 0 spiro atoms. The van der Waals surface area contributed by atoms with Crippen LogP contribution in [0, 0.1) is 0 Å². The van der Waals surface area contributed by atoms with Crippen molar-refractivity contribution in [1.29, 1.82) is 0 Å². The van der Waals surface area contributed by atoms with Crippen molar-refractivity contribution in [2.45, 2.75) is 31.9 Å². The highest BCUT2D eigenvalue weighted by Crippen LogP contribution is 2.28. The Morgan fingerprint density at radius 1 is 1.09 bits per heavy atom. The Morgan fingerprint density at radius 2 is 1.91 bits per heavy atom. The molecule has 0 saturated carbocycles. The van der Waals surface area contributed by atoms with Crippen molar-refractivity contribution in [2.75, 3.05) is 29.9 Å². The first-order valence-electron chi connectivity index (χ1n) is 11.3. The number of nitrogens with zero attached hydrogens (tertiary/aromatic N) is 3. The summed E-state index contributed by atoms with van der Waals surface area (Å²) in [4.78, 5) is 11.6. The van der Waals surface area contributed by atoms with Gasteiger partial charge in [0, 0.05) is 32.3 Å². The van der Waals surface area contributed by atoms with Crippen LogP contribution < -0.4 is 20.3 Å². The van der Waals surface area contributed by atoms with Crippen LogP contribution in [0.15, 0.2) is 60.7 Å². The molecular formula is C25H27N5O2S. The molecule has 2 aliphatic rings. The minimum absolute atomic E-state index is 0.197. The van der Waals surface area contributed by atoms with Crippen LogP contribution in [-0.4, -0.2) is 40.9 Å². The second-order valence-corrected chi connectivity index (χ2v) is 8.62. The first-order chi connectivity index (χ1) is 16.2. The van der Waals surface area contributed by atoms with Gasteiger partial charge in [-0.05, 0) is 54.7 Å². The number of aromatic nitrogens is 2. The SMILES string of the molecule is S=C(NC[C@@H]1CCCO1)Nc1nc(Oc2ccccc2)cc(N2CCc3ccccc3C2)n1. The number of anilines is 2. The lowest BCUT2D eigenvalue weighted by Crippen LogP contribution is -2.35. The van der Waals surface area contributed by atoms with Gasteiger partial charge in [0.2, 0.25) is 11.8 Å². The Hall–Kier alpha value is -3.23. The average molecular weight is 462 g/mol. The zero-order valence-electron chi connectivity index (χ0n) is 18.4. The Balaban J connectivity index is 1.35. The molecule has 0 unspecified atom stereocenters. The topological polar surface area (TPSA) is 71.5 Å². The van der Waals surface area contributed by atoms with Crippen LogP contribution in [0.3, 0.4) is 0 Å². The largest absolute Gasteiger partial charge is 0.439 e. The molecule has 5 rings (SSSR count). The number of rotatable bonds is 6. The van der Waals surface area contributed by atoms with Crippen LogP contribution >= 0.6 is 12.2 Å². The lowest BCUT2D eigenvalue weighted by atomic mass is 10.00. The number of benzene rings is 2. The van der Waals surface area contributed by atoms with Gasteiger partial charge in [0.25, 0.3) is 0 Å². The molecule has 0 radical (unpaired) electrons. The van der Waals surface area contributed by atoms with Gasteiger partial charge in [-0.15, -0.1) is 0 Å². The van der Waals surface area contributed by atoms with Gasteiger partial charge in [0.1, 0.15) is 11.6 Å². The van der Waals surface area contributed by atoms with Gasteiger partial charge in [-0.3, -0.25) is 0 Å². The van der Waals surface area contributed by atoms with Crippen molar-refractivity contribution in [2.24, 2.45) is 0 Å². The maximum atomic E-state index is 6.04. The summed E-state index contributed by atoms with van der Waals surface area (Å²) < 4.78 is 11.7. The van der Waals surface area contributed by atoms with Crippen LogP contribution in [0.4, 0.5) is 11.8 Å². The Morgan fingerprint density at radius 3 is 2.73 bits per heavy atom. The minimum atomic E-state index is 0.197. The highest BCUT2D eigenvalue weighted by Gasteiger charge is 2.20. The van der Waals surface area contributed by atoms with Crippen molar-refractivity contribution in [3.05, 3.63) is 71.8 Å². The van der Waals surface area contributed by atoms with Crippen molar-refractivity contribution in [1.82, 2.24) is 15.3 Å². The molecule has 3 aromatic rings. The lowest BCUT2D eigenvalue weighted by Gasteiger charge is -2.30. The third kappa shape index (κ3) is 5.58. The number of hydrogen-bond donors (Lipinski definition) is 2. The highest BCUT2D eigenvalue weighted by atomic mass is 32.1. The number of fused-ring (bicyclic) bond motifs is 1. The molecular weight excluding hydrogens is 434 g/mol. The number of thiocarbonyl (C=S) groups is 1. The molecule has 170 valence electrons. The molecule has 2 N–H and O–H groups in total. The Kier molecular flexibility index (Phi) is 6.64. The van der Waals surface area contributed by atoms with E-state index in [9.17, 15) is 0 Å². The molecule has 1 aromatic heterocycles. The summed E-state index contributed by atoms with van der Waals surface area (Å²) in [7, 11) is 0. The summed E-state index contributed by atoms with van der Waals surface area (Å²) in [6, 6.07) is 20.1. The summed E-state index contributed by atoms with van der Waals surface area (Å²) >= 11 is 5.48. The maximum Gasteiger partial charge on any atom is 0.234 e. The molecule has 7 nitrogen and oxygen atoms in total. The fraction of sp³-hybridized carbons (Fsp3) is 0.320. The normalized spacial score (nSPS) is 17.3. The van der Waals surface area contributed by atoms with E-state index in [1.54, 1.807) is 0 Å². The molecule has 33 heavy (non-hydrogen) atoms. The molecule has 1 atom stereocenters. The molecule has 2 aliphatic heterocycles. The smallest absolute Gasteiger partial charge is 0.234 e. The third-order valence-corrected chi connectivity index (χ3v) is 6.10. The predicted molar refractivity (Wildman–Crippen MR) is 133 cm³/mol. The standard InChI is InChI=1S/C25H27N5O2S/c33-25(26-16-21-11-6-14-31-21)29-24-27-22(15-23(28-24)32-20-9-2-1-3-10-20)30-13-12-18-7-4-5-8-19(18)17-30/h1-5,7-10,15,21H,6,11-14,16-17H2,(H2,26,27,28,29,33)/t21-/m0/s1. The second kappa shape index (κ2) is 10.1. The average Bonchev–Trinajstić information content (AvgIpc) is 3.37. The zero-order chi connectivity index (χ0) is 22.5. The quantitative estimate of drug-likeness (QED) is 0.527. The van der Waals surface area contributed by atoms with Gasteiger partial charge >= 0.3 is 0 Å². The summed E-state index contributed by atoms with van der Waals surface area (Å²) in [5, 5.41) is 6.81. The number of ether oxygens (including phenoxy) is 2. The molecule has 0 amide bonds. The molecule has 8 heteroatoms. The van der Waals surface area contributed by atoms with Crippen LogP contribution in [0.2, 0.25) is 0 Å². The highest BCUT2D eigenvalue weighted by molar-refractivity contribution is 7.80. The fourth-order valence-corrected chi connectivity index (χ4v) is 4.32. The number of para-hydroxylation sites is 1. The van der Waals surface area contributed by atoms with E-state index in [0.29, 0.717) is 23.5 Å². The molecule has 1 saturated heterocycles. The van der Waals surface area contributed by atoms with Crippen LogP contribution in [0.1, 0.15) is 24.0 Å². The van der Waals surface area contributed by atoms with Gasteiger partial charge < -0.3 is 25.0 Å². The van der Waals surface area contributed by atoms with E-state index in [4.69, 9.17) is 26.7 Å². The first-order valence-corrected chi connectivity index (χ1v) is 11.7. The third-order valence-electron chi connectivity index (χ3n) is 5.85. The zero-order valence-corrected chi connectivity index (χ0v) is 19.2. The first kappa shape index (κ1) is 21.6. The summed E-state index contributed by atoms with van der Waals surface area (Å²) in [6.45, 7) is 3.15.